The van der Waals surface area contributed by atoms with Crippen molar-refractivity contribution in [3.63, 3.8) is 0 Å². The van der Waals surface area contributed by atoms with E-state index in [1.165, 1.54) is 6.07 Å². The molecule has 118 valence electrons. The molecule has 4 heteroatoms. The zero-order valence-corrected chi connectivity index (χ0v) is 13.8. The van der Waals surface area contributed by atoms with Gasteiger partial charge in [-0.25, -0.2) is 0 Å². The van der Waals surface area contributed by atoms with Gasteiger partial charge in [0.15, 0.2) is 0 Å². The highest BCUT2D eigenvalue weighted by Gasteiger charge is 2.02. The van der Waals surface area contributed by atoms with Crippen LogP contribution in [-0.4, -0.2) is 11.2 Å². The number of phenols is 1. The Balaban J connectivity index is 0.000000238. The fraction of sp³-hybridized carbons (Fsp3) is 0.263. The van der Waals surface area contributed by atoms with Gasteiger partial charge in [-0.15, -0.1) is 0 Å². The summed E-state index contributed by atoms with van der Waals surface area (Å²) in [7, 11) is 0. The number of hydrogen-bond donors (Lipinski definition) is 1. The zero-order valence-electron chi connectivity index (χ0n) is 13.8. The largest absolute Gasteiger partial charge is 0.508 e. The highest BCUT2D eigenvalue weighted by Crippen LogP contribution is 2.19. The molecule has 0 amide bonds. The van der Waals surface area contributed by atoms with Gasteiger partial charge in [-0.3, -0.25) is 0 Å². The van der Waals surface area contributed by atoms with Crippen molar-refractivity contribution in [2.45, 2.75) is 33.8 Å². The second kappa shape index (κ2) is 8.46. The Kier molecular flexibility index (Phi) is 6.65. The molecule has 2 aromatic rings. The predicted molar refractivity (Wildman–Crippen MR) is 89.2 cm³/mol. The first-order chi connectivity index (χ1) is 10.9. The smallest absolute Gasteiger partial charge is 0.122 e. The Morgan fingerprint density at radius 2 is 1.43 bits per heavy atom. The lowest BCUT2D eigenvalue weighted by molar-refractivity contribution is 0.241. The number of ether oxygens (including phenoxy) is 1. The fourth-order valence-corrected chi connectivity index (χ4v) is 1.83. The summed E-state index contributed by atoms with van der Waals surface area (Å²) < 4.78 is 5.54. The van der Waals surface area contributed by atoms with E-state index in [-0.39, 0.29) is 11.9 Å². The molecule has 0 saturated heterocycles. The normalized spacial score (nSPS) is 9.35. The van der Waals surface area contributed by atoms with Gasteiger partial charge in [-0.05, 0) is 75.2 Å². The summed E-state index contributed by atoms with van der Waals surface area (Å²) in [5.74, 6) is 1.09. The maximum Gasteiger partial charge on any atom is 0.122 e. The van der Waals surface area contributed by atoms with Crippen LogP contribution in [0.5, 0.6) is 11.5 Å². The van der Waals surface area contributed by atoms with Crippen LogP contribution in [0.25, 0.3) is 0 Å². The molecule has 0 fully saturated rings. The van der Waals surface area contributed by atoms with Gasteiger partial charge in [0.1, 0.15) is 11.5 Å². The summed E-state index contributed by atoms with van der Waals surface area (Å²) in [6.45, 7) is 7.67. The molecule has 0 spiro atoms. The van der Waals surface area contributed by atoms with E-state index in [1.807, 2.05) is 39.0 Å². The van der Waals surface area contributed by atoms with Gasteiger partial charge < -0.3 is 9.84 Å². The summed E-state index contributed by atoms with van der Waals surface area (Å²) >= 11 is 0. The molecular formula is C19H20N2O2. The van der Waals surface area contributed by atoms with E-state index >= 15 is 0 Å². The molecule has 0 atom stereocenters. The average molecular weight is 308 g/mol. The molecule has 2 aromatic carbocycles. The first-order valence-electron chi connectivity index (χ1n) is 7.24. The van der Waals surface area contributed by atoms with E-state index in [0.29, 0.717) is 11.1 Å². The van der Waals surface area contributed by atoms with Gasteiger partial charge in [-0.2, -0.15) is 10.5 Å². The van der Waals surface area contributed by atoms with Gasteiger partial charge in [0.25, 0.3) is 0 Å². The Bertz CT molecular complexity index is 753. The molecule has 0 heterocycles. The topological polar surface area (TPSA) is 77.0 Å². The van der Waals surface area contributed by atoms with E-state index in [0.717, 1.165) is 16.9 Å². The van der Waals surface area contributed by atoms with Crippen LogP contribution in [0.1, 0.15) is 36.1 Å². The number of hydrogen-bond acceptors (Lipinski definition) is 4. The van der Waals surface area contributed by atoms with E-state index < -0.39 is 0 Å². The Morgan fingerprint density at radius 1 is 0.913 bits per heavy atom. The third-order valence-corrected chi connectivity index (χ3v) is 2.99. The van der Waals surface area contributed by atoms with Crippen LogP contribution in [0.2, 0.25) is 0 Å². The first kappa shape index (κ1) is 18.1. The minimum Gasteiger partial charge on any atom is -0.508 e. The standard InChI is InChI=1S/C11H13NO.C8H7NO/c1-8(2)13-11-5-4-10(7-12)6-9(11)3;1-6-4-7(5-9)2-3-8(6)10/h4-6,8H,1-3H3;2-4,10H,1H3. The van der Waals surface area contributed by atoms with Crippen molar-refractivity contribution in [1.82, 2.24) is 0 Å². The molecule has 1 N–H and O–H groups in total. The molecule has 0 aliphatic heterocycles. The summed E-state index contributed by atoms with van der Waals surface area (Å²) in [6, 6.07) is 14.3. The number of rotatable bonds is 2. The van der Waals surface area contributed by atoms with Crippen LogP contribution in [-0.2, 0) is 0 Å². The van der Waals surface area contributed by atoms with Crippen molar-refractivity contribution in [2.75, 3.05) is 0 Å². The number of aryl methyl sites for hydroxylation is 2. The maximum atomic E-state index is 9.03. The molecule has 0 radical (unpaired) electrons. The lowest BCUT2D eigenvalue weighted by atomic mass is 10.1. The zero-order chi connectivity index (χ0) is 17.4. The van der Waals surface area contributed by atoms with Crippen molar-refractivity contribution in [3.8, 4) is 23.6 Å². The highest BCUT2D eigenvalue weighted by molar-refractivity contribution is 5.41. The molecule has 0 saturated carbocycles. The second-order valence-electron chi connectivity index (χ2n) is 5.37. The van der Waals surface area contributed by atoms with E-state index in [9.17, 15) is 0 Å². The van der Waals surface area contributed by atoms with Gasteiger partial charge in [-0.1, -0.05) is 0 Å². The number of phenolic OH excluding ortho intramolecular Hbond substituents is 1. The fourth-order valence-electron chi connectivity index (χ4n) is 1.83. The van der Waals surface area contributed by atoms with E-state index in [2.05, 4.69) is 6.07 Å². The number of aromatic hydroxyl groups is 1. The van der Waals surface area contributed by atoms with Gasteiger partial charge >= 0.3 is 0 Å². The summed E-state index contributed by atoms with van der Waals surface area (Å²) in [5.41, 5.74) is 3.00. The molecule has 0 aliphatic carbocycles. The quantitative estimate of drug-likeness (QED) is 0.900. The molecule has 0 aromatic heterocycles. The Morgan fingerprint density at radius 3 is 1.87 bits per heavy atom. The minimum atomic E-state index is 0.173. The van der Waals surface area contributed by atoms with Crippen molar-refractivity contribution < 1.29 is 9.84 Å². The summed E-state index contributed by atoms with van der Waals surface area (Å²) in [5, 5.41) is 26.1. The lowest BCUT2D eigenvalue weighted by Crippen LogP contribution is -2.06. The van der Waals surface area contributed by atoms with Crippen LogP contribution in [0.4, 0.5) is 0 Å². The predicted octanol–water partition coefficient (Wildman–Crippen LogP) is 4.23. The van der Waals surface area contributed by atoms with Gasteiger partial charge in [0.05, 0.1) is 29.4 Å². The van der Waals surface area contributed by atoms with Crippen molar-refractivity contribution in [1.29, 1.82) is 10.5 Å². The maximum absolute atomic E-state index is 9.03. The van der Waals surface area contributed by atoms with Crippen molar-refractivity contribution in [2.24, 2.45) is 0 Å². The highest BCUT2D eigenvalue weighted by atomic mass is 16.5. The van der Waals surface area contributed by atoms with E-state index in [1.54, 1.807) is 25.1 Å². The Labute approximate surface area is 137 Å². The monoisotopic (exact) mass is 308 g/mol. The van der Waals surface area contributed by atoms with Gasteiger partial charge in [0, 0.05) is 0 Å². The molecule has 0 aliphatic rings. The summed E-state index contributed by atoms with van der Waals surface area (Å²) in [4.78, 5) is 0. The number of nitriles is 2. The van der Waals surface area contributed by atoms with Crippen LogP contribution < -0.4 is 4.74 Å². The molecular weight excluding hydrogens is 288 g/mol. The van der Waals surface area contributed by atoms with Crippen LogP contribution in [0, 0.1) is 36.5 Å². The van der Waals surface area contributed by atoms with Crippen molar-refractivity contribution >= 4 is 0 Å². The Hall–Kier alpha value is -2.98. The second-order valence-corrected chi connectivity index (χ2v) is 5.37. The lowest BCUT2D eigenvalue weighted by Gasteiger charge is -2.11. The number of nitrogens with zero attached hydrogens (tertiary/aromatic N) is 2. The first-order valence-corrected chi connectivity index (χ1v) is 7.24. The average Bonchev–Trinajstić information content (AvgIpc) is 2.52. The minimum absolute atomic E-state index is 0.173. The summed E-state index contributed by atoms with van der Waals surface area (Å²) in [6.07, 6.45) is 0.173. The molecule has 0 bridgehead atoms. The van der Waals surface area contributed by atoms with Gasteiger partial charge in [0.2, 0.25) is 0 Å². The van der Waals surface area contributed by atoms with Crippen molar-refractivity contribution in [3.05, 3.63) is 58.7 Å². The number of benzene rings is 2. The SMILES string of the molecule is Cc1cc(C#N)ccc1O.Cc1cc(C#N)ccc1OC(C)C. The van der Waals surface area contributed by atoms with Crippen LogP contribution in [0.3, 0.4) is 0 Å². The molecule has 4 nitrogen and oxygen atoms in total. The molecule has 2 rings (SSSR count). The van der Waals surface area contributed by atoms with E-state index in [4.69, 9.17) is 20.4 Å². The molecule has 23 heavy (non-hydrogen) atoms. The third kappa shape index (κ3) is 5.73. The van der Waals surface area contributed by atoms with Crippen LogP contribution >= 0.6 is 0 Å². The van der Waals surface area contributed by atoms with Crippen LogP contribution in [0.15, 0.2) is 36.4 Å². The molecule has 0 unspecified atom stereocenters. The third-order valence-electron chi connectivity index (χ3n) is 2.99.